The zero-order valence-corrected chi connectivity index (χ0v) is 17.6. The lowest BCUT2D eigenvalue weighted by Gasteiger charge is -2.20. The number of hydrogen-bond acceptors (Lipinski definition) is 5. The maximum Gasteiger partial charge on any atom is 0.433 e. The smallest absolute Gasteiger partial charge is 0.433 e. The molecular weight excluding hydrogens is 459 g/mol. The number of benzene rings is 2. The molecule has 0 amide bonds. The van der Waals surface area contributed by atoms with Crippen molar-refractivity contribution in [1.29, 1.82) is 0 Å². The van der Waals surface area contributed by atoms with Crippen LogP contribution in [0.4, 0.5) is 18.9 Å². The third kappa shape index (κ3) is 3.64. The first-order chi connectivity index (χ1) is 15.7. The number of halogens is 4. The second-order valence-electron chi connectivity index (χ2n) is 7.33. The van der Waals surface area contributed by atoms with E-state index in [0.717, 1.165) is 10.6 Å². The molecule has 0 atom stereocenters. The Kier molecular flexibility index (Phi) is 4.93. The highest BCUT2D eigenvalue weighted by Gasteiger charge is 2.33. The van der Waals surface area contributed by atoms with E-state index in [0.29, 0.717) is 41.0 Å². The van der Waals surface area contributed by atoms with Crippen LogP contribution < -0.4 is 20.8 Å². The Morgan fingerprint density at radius 2 is 1.67 bits per heavy atom. The zero-order valence-electron chi connectivity index (χ0n) is 16.8. The molecule has 0 unspecified atom stereocenters. The van der Waals surface area contributed by atoms with Crippen LogP contribution in [0.5, 0.6) is 11.5 Å². The van der Waals surface area contributed by atoms with Crippen LogP contribution in [0.1, 0.15) is 5.69 Å². The topological polar surface area (TPSA) is 79.4 Å². The predicted octanol–water partition coefficient (Wildman–Crippen LogP) is 5.08. The summed E-state index contributed by atoms with van der Waals surface area (Å²) < 4.78 is 52.4. The molecule has 3 heterocycles. The summed E-state index contributed by atoms with van der Waals surface area (Å²) in [6.07, 6.45) is -4.70. The van der Waals surface area contributed by atoms with E-state index in [1.165, 1.54) is 30.3 Å². The summed E-state index contributed by atoms with van der Waals surface area (Å²) in [5.74, 6) is 0.972. The molecule has 2 N–H and O–H groups in total. The van der Waals surface area contributed by atoms with E-state index < -0.39 is 17.4 Å². The van der Waals surface area contributed by atoms with Crippen LogP contribution in [-0.2, 0) is 6.18 Å². The summed E-state index contributed by atoms with van der Waals surface area (Å²) in [5, 5.41) is 0.602. The second kappa shape index (κ2) is 7.70. The number of fused-ring (bicyclic) bond motifs is 2. The SMILES string of the molecule is Nc1c(-c2ccc3c(c2)OCCO3)c(=O)n(-c2ccc(Cl)cc2)c2nc(C(F)(F)F)ccc12. The molecule has 0 fully saturated rings. The van der Waals surface area contributed by atoms with Gasteiger partial charge in [-0.2, -0.15) is 13.2 Å². The molecule has 168 valence electrons. The first-order valence-electron chi connectivity index (χ1n) is 9.82. The van der Waals surface area contributed by atoms with E-state index in [-0.39, 0.29) is 22.3 Å². The third-order valence-electron chi connectivity index (χ3n) is 5.27. The van der Waals surface area contributed by atoms with Gasteiger partial charge in [0.1, 0.15) is 24.6 Å². The predicted molar refractivity (Wildman–Crippen MR) is 118 cm³/mol. The standard InChI is InChI=1S/C23H15ClF3N3O3/c24-13-2-4-14(5-3-13)30-21-15(6-8-18(29-21)23(25,26)27)20(28)19(22(30)31)12-1-7-16-17(11-12)33-10-9-32-16/h1-8,11H,9-10,28H2. The average molecular weight is 474 g/mol. The highest BCUT2D eigenvalue weighted by atomic mass is 35.5. The third-order valence-corrected chi connectivity index (χ3v) is 5.52. The molecule has 0 spiro atoms. The summed E-state index contributed by atoms with van der Waals surface area (Å²) in [6, 6.07) is 13.1. The maximum absolute atomic E-state index is 13.7. The van der Waals surface area contributed by atoms with Crippen molar-refractivity contribution in [3.05, 3.63) is 75.7 Å². The maximum atomic E-state index is 13.7. The quantitative estimate of drug-likeness (QED) is 0.439. The molecule has 1 aliphatic rings. The lowest BCUT2D eigenvalue weighted by Crippen LogP contribution is -2.24. The fourth-order valence-electron chi connectivity index (χ4n) is 3.75. The van der Waals surface area contributed by atoms with Crippen molar-refractivity contribution in [3.63, 3.8) is 0 Å². The van der Waals surface area contributed by atoms with Crippen LogP contribution in [-0.4, -0.2) is 22.8 Å². The number of pyridine rings is 2. The van der Waals surface area contributed by atoms with Gasteiger partial charge in [-0.05, 0) is 54.1 Å². The van der Waals surface area contributed by atoms with Crippen molar-refractivity contribution >= 4 is 28.3 Å². The summed E-state index contributed by atoms with van der Waals surface area (Å²) >= 11 is 5.96. The van der Waals surface area contributed by atoms with Crippen LogP contribution >= 0.6 is 11.6 Å². The lowest BCUT2D eigenvalue weighted by atomic mass is 10.0. The highest BCUT2D eigenvalue weighted by molar-refractivity contribution is 6.30. The number of nitrogens with two attached hydrogens (primary N) is 1. The van der Waals surface area contributed by atoms with E-state index in [1.54, 1.807) is 18.2 Å². The van der Waals surface area contributed by atoms with Crippen LogP contribution in [0.25, 0.3) is 27.8 Å². The summed E-state index contributed by atoms with van der Waals surface area (Å²) in [5.41, 5.74) is 5.20. The van der Waals surface area contributed by atoms with Crippen molar-refractivity contribution in [3.8, 4) is 28.3 Å². The minimum Gasteiger partial charge on any atom is -0.486 e. The number of ether oxygens (including phenoxy) is 2. The summed E-state index contributed by atoms with van der Waals surface area (Å²) in [7, 11) is 0. The lowest BCUT2D eigenvalue weighted by molar-refractivity contribution is -0.141. The molecule has 33 heavy (non-hydrogen) atoms. The van der Waals surface area contributed by atoms with Gasteiger partial charge in [0.15, 0.2) is 11.5 Å². The van der Waals surface area contributed by atoms with Gasteiger partial charge in [0.05, 0.1) is 16.9 Å². The molecular formula is C23H15ClF3N3O3. The van der Waals surface area contributed by atoms with Crippen molar-refractivity contribution in [2.24, 2.45) is 0 Å². The number of aromatic nitrogens is 2. The van der Waals surface area contributed by atoms with E-state index >= 15 is 0 Å². The molecule has 0 radical (unpaired) electrons. The molecule has 0 saturated heterocycles. The van der Waals surface area contributed by atoms with Crippen molar-refractivity contribution < 1.29 is 22.6 Å². The zero-order chi connectivity index (χ0) is 23.3. The number of rotatable bonds is 2. The molecule has 5 rings (SSSR count). The van der Waals surface area contributed by atoms with Crippen LogP contribution in [0, 0.1) is 0 Å². The van der Waals surface area contributed by atoms with Gasteiger partial charge in [-0.25, -0.2) is 4.98 Å². The first-order valence-corrected chi connectivity index (χ1v) is 10.2. The van der Waals surface area contributed by atoms with Gasteiger partial charge >= 0.3 is 6.18 Å². The van der Waals surface area contributed by atoms with Gasteiger partial charge in [-0.1, -0.05) is 17.7 Å². The average Bonchev–Trinajstić information content (AvgIpc) is 2.79. The van der Waals surface area contributed by atoms with Gasteiger partial charge in [-0.15, -0.1) is 0 Å². The normalized spacial score (nSPS) is 13.3. The minimum atomic E-state index is -4.70. The molecule has 10 heteroatoms. The van der Waals surface area contributed by atoms with Crippen molar-refractivity contribution in [1.82, 2.24) is 9.55 Å². The number of nitrogen functional groups attached to an aromatic ring is 1. The van der Waals surface area contributed by atoms with Gasteiger partial charge in [-0.3, -0.25) is 9.36 Å². The number of hydrogen-bond donors (Lipinski definition) is 1. The largest absolute Gasteiger partial charge is 0.486 e. The van der Waals surface area contributed by atoms with Crippen LogP contribution in [0.2, 0.25) is 5.02 Å². The number of anilines is 1. The molecule has 0 aliphatic carbocycles. The van der Waals surface area contributed by atoms with E-state index in [1.807, 2.05) is 0 Å². The molecule has 4 aromatic rings. The Morgan fingerprint density at radius 1 is 0.970 bits per heavy atom. The molecule has 6 nitrogen and oxygen atoms in total. The fourth-order valence-corrected chi connectivity index (χ4v) is 3.88. The Hall–Kier alpha value is -3.72. The monoisotopic (exact) mass is 473 g/mol. The molecule has 2 aromatic carbocycles. The molecule has 2 aromatic heterocycles. The van der Waals surface area contributed by atoms with E-state index in [4.69, 9.17) is 26.8 Å². The Labute approximate surface area is 189 Å². The molecule has 0 bridgehead atoms. The number of nitrogens with zero attached hydrogens (tertiary/aromatic N) is 2. The van der Waals surface area contributed by atoms with Crippen molar-refractivity contribution in [2.45, 2.75) is 6.18 Å². The molecule has 0 saturated carbocycles. The van der Waals surface area contributed by atoms with Gasteiger partial charge in [0.2, 0.25) is 0 Å². The Balaban J connectivity index is 1.85. The van der Waals surface area contributed by atoms with Gasteiger partial charge in [0.25, 0.3) is 5.56 Å². The second-order valence-corrected chi connectivity index (χ2v) is 7.77. The first kappa shape index (κ1) is 21.1. The summed E-state index contributed by atoms with van der Waals surface area (Å²) in [4.78, 5) is 17.4. The van der Waals surface area contributed by atoms with Crippen molar-refractivity contribution in [2.75, 3.05) is 18.9 Å². The number of alkyl halides is 3. The fraction of sp³-hybridized carbons (Fsp3) is 0.130. The van der Waals surface area contributed by atoms with E-state index in [2.05, 4.69) is 4.98 Å². The Bertz CT molecular complexity index is 1450. The van der Waals surface area contributed by atoms with Crippen LogP contribution in [0.15, 0.2) is 59.4 Å². The molecule has 1 aliphatic heterocycles. The van der Waals surface area contributed by atoms with E-state index in [9.17, 15) is 18.0 Å². The van der Waals surface area contributed by atoms with Gasteiger partial charge in [0, 0.05) is 10.4 Å². The van der Waals surface area contributed by atoms with Gasteiger partial charge < -0.3 is 15.2 Å². The minimum absolute atomic E-state index is 0.0121. The Morgan fingerprint density at radius 3 is 2.36 bits per heavy atom. The highest BCUT2D eigenvalue weighted by Crippen LogP contribution is 2.38. The summed E-state index contributed by atoms with van der Waals surface area (Å²) in [6.45, 7) is 0.754. The van der Waals surface area contributed by atoms with Crippen LogP contribution in [0.3, 0.4) is 0 Å².